The van der Waals surface area contributed by atoms with Crippen molar-refractivity contribution in [3.8, 4) is 0 Å². The quantitative estimate of drug-likeness (QED) is 0.925. The maximum absolute atomic E-state index is 12.8. The minimum Gasteiger partial charge on any atom is -0.469 e. The zero-order chi connectivity index (χ0) is 15.7. The lowest BCUT2D eigenvalue weighted by molar-refractivity contribution is -0.128. The Morgan fingerprint density at radius 3 is 2.82 bits per heavy atom. The number of hydrogen-bond donors (Lipinski definition) is 1. The van der Waals surface area contributed by atoms with Crippen LogP contribution in [0, 0.1) is 6.92 Å². The van der Waals surface area contributed by atoms with Crippen LogP contribution in [0.4, 0.5) is 0 Å². The van der Waals surface area contributed by atoms with Crippen molar-refractivity contribution in [3.05, 3.63) is 58.5 Å². The lowest BCUT2D eigenvalue weighted by Gasteiger charge is -2.35. The highest BCUT2D eigenvalue weighted by atomic mass is 35.5. The molecule has 2 heterocycles. The van der Waals surface area contributed by atoms with Crippen molar-refractivity contribution >= 4 is 23.4 Å². The highest BCUT2D eigenvalue weighted by Gasteiger charge is 2.36. The monoisotopic (exact) mass is 318 g/mol. The summed E-state index contributed by atoms with van der Waals surface area (Å²) >= 11 is 6.21. The van der Waals surface area contributed by atoms with Gasteiger partial charge in [0.05, 0.1) is 11.8 Å². The molecule has 2 amide bonds. The molecule has 114 valence electrons. The molecule has 3 rings (SSSR count). The molecule has 1 N–H and O–H groups in total. The molecule has 1 aliphatic rings. The fraction of sp³-hybridized carbons (Fsp3) is 0.250. The van der Waals surface area contributed by atoms with E-state index < -0.39 is 6.04 Å². The summed E-state index contributed by atoms with van der Waals surface area (Å²) in [7, 11) is 0. The average molecular weight is 319 g/mol. The second kappa shape index (κ2) is 5.85. The molecule has 0 saturated carbocycles. The van der Waals surface area contributed by atoms with E-state index in [1.165, 1.54) is 11.2 Å². The predicted molar refractivity (Wildman–Crippen MR) is 81.7 cm³/mol. The van der Waals surface area contributed by atoms with E-state index in [0.29, 0.717) is 35.0 Å². The second-order valence-corrected chi connectivity index (χ2v) is 5.51. The summed E-state index contributed by atoms with van der Waals surface area (Å²) in [4.78, 5) is 26.6. The van der Waals surface area contributed by atoms with E-state index in [1.54, 1.807) is 37.3 Å². The molecule has 22 heavy (non-hydrogen) atoms. The third kappa shape index (κ3) is 2.48. The first-order valence-electron chi connectivity index (χ1n) is 6.97. The Kier molecular flexibility index (Phi) is 3.90. The number of carbonyl (C=O) groups is 2. The van der Waals surface area contributed by atoms with Gasteiger partial charge in [0.2, 0.25) is 5.91 Å². The lowest BCUT2D eigenvalue weighted by Crippen LogP contribution is -2.52. The summed E-state index contributed by atoms with van der Waals surface area (Å²) < 4.78 is 5.19. The molecule has 0 bridgehead atoms. The topological polar surface area (TPSA) is 62.6 Å². The molecular weight excluding hydrogens is 304 g/mol. The summed E-state index contributed by atoms with van der Waals surface area (Å²) in [5, 5.41) is 3.25. The number of carbonyl (C=O) groups excluding carboxylic acids is 2. The molecule has 1 aromatic carbocycles. The van der Waals surface area contributed by atoms with Crippen molar-refractivity contribution in [2.45, 2.75) is 13.0 Å². The van der Waals surface area contributed by atoms with E-state index in [9.17, 15) is 9.59 Å². The number of nitrogens with zero attached hydrogens (tertiary/aromatic N) is 1. The molecule has 1 aromatic heterocycles. The Morgan fingerprint density at radius 1 is 1.36 bits per heavy atom. The number of aryl methyl sites for hydroxylation is 1. The van der Waals surface area contributed by atoms with Gasteiger partial charge < -0.3 is 14.6 Å². The number of piperazine rings is 1. The van der Waals surface area contributed by atoms with E-state index in [1.807, 2.05) is 0 Å². The number of benzene rings is 1. The largest absolute Gasteiger partial charge is 0.469 e. The highest BCUT2D eigenvalue weighted by molar-refractivity contribution is 6.31. The third-order valence-corrected chi connectivity index (χ3v) is 4.11. The van der Waals surface area contributed by atoms with Crippen molar-refractivity contribution in [2.75, 3.05) is 13.1 Å². The van der Waals surface area contributed by atoms with Crippen LogP contribution >= 0.6 is 11.6 Å². The fourth-order valence-electron chi connectivity index (χ4n) is 2.65. The SMILES string of the molecule is Cc1occc1C(=O)N1CCNC(=O)[C@H]1c1ccccc1Cl. The average Bonchev–Trinajstić information content (AvgIpc) is 2.93. The molecule has 0 unspecified atom stereocenters. The van der Waals surface area contributed by atoms with Crippen molar-refractivity contribution in [1.82, 2.24) is 10.2 Å². The van der Waals surface area contributed by atoms with Gasteiger partial charge in [-0.25, -0.2) is 0 Å². The van der Waals surface area contributed by atoms with E-state index in [-0.39, 0.29) is 11.8 Å². The van der Waals surface area contributed by atoms with Gasteiger partial charge in [-0.1, -0.05) is 29.8 Å². The minimum atomic E-state index is -0.732. The van der Waals surface area contributed by atoms with Crippen LogP contribution < -0.4 is 5.32 Å². The Bertz CT molecular complexity index is 726. The molecule has 1 aliphatic heterocycles. The van der Waals surface area contributed by atoms with Crippen LogP contribution in [-0.4, -0.2) is 29.8 Å². The van der Waals surface area contributed by atoms with Gasteiger partial charge in [-0.15, -0.1) is 0 Å². The minimum absolute atomic E-state index is 0.228. The molecule has 0 aliphatic carbocycles. The normalized spacial score (nSPS) is 18.2. The molecule has 6 heteroatoms. The van der Waals surface area contributed by atoms with Gasteiger partial charge in [0.1, 0.15) is 11.8 Å². The van der Waals surface area contributed by atoms with Gasteiger partial charge in [-0.3, -0.25) is 9.59 Å². The number of nitrogens with one attached hydrogen (secondary N) is 1. The van der Waals surface area contributed by atoms with Crippen LogP contribution in [0.1, 0.15) is 27.7 Å². The second-order valence-electron chi connectivity index (χ2n) is 5.10. The number of halogens is 1. The van der Waals surface area contributed by atoms with Crippen molar-refractivity contribution in [1.29, 1.82) is 0 Å². The molecule has 1 atom stereocenters. The van der Waals surface area contributed by atoms with Gasteiger partial charge in [0.25, 0.3) is 5.91 Å². The molecule has 0 radical (unpaired) electrons. The number of rotatable bonds is 2. The first kappa shape index (κ1) is 14.7. The van der Waals surface area contributed by atoms with E-state index in [0.717, 1.165) is 0 Å². The van der Waals surface area contributed by atoms with Gasteiger partial charge in [0.15, 0.2) is 0 Å². The first-order valence-corrected chi connectivity index (χ1v) is 7.34. The molecule has 5 nitrogen and oxygen atoms in total. The van der Waals surface area contributed by atoms with Crippen LogP contribution in [0.3, 0.4) is 0 Å². The van der Waals surface area contributed by atoms with Crippen molar-refractivity contribution in [3.63, 3.8) is 0 Å². The number of amides is 2. The van der Waals surface area contributed by atoms with Crippen molar-refractivity contribution < 1.29 is 14.0 Å². The molecule has 2 aromatic rings. The number of furan rings is 1. The van der Waals surface area contributed by atoms with E-state index in [4.69, 9.17) is 16.0 Å². The summed E-state index contributed by atoms with van der Waals surface area (Å²) in [6, 6.07) is 7.95. The lowest BCUT2D eigenvalue weighted by atomic mass is 10.0. The summed E-state index contributed by atoms with van der Waals surface area (Å²) in [6.07, 6.45) is 1.47. The smallest absolute Gasteiger partial charge is 0.258 e. The van der Waals surface area contributed by atoms with Gasteiger partial charge in [-0.05, 0) is 19.1 Å². The summed E-state index contributed by atoms with van der Waals surface area (Å²) in [6.45, 7) is 2.56. The standard InChI is InChI=1S/C16H15ClN2O3/c1-10-11(6-9-22-10)16(21)19-8-7-18-15(20)14(19)12-4-2-3-5-13(12)17/h2-6,9,14H,7-8H2,1H3,(H,18,20)/t14-/m1/s1. The molecule has 0 spiro atoms. The van der Waals surface area contributed by atoms with Gasteiger partial charge in [-0.2, -0.15) is 0 Å². The van der Waals surface area contributed by atoms with E-state index in [2.05, 4.69) is 5.32 Å². The van der Waals surface area contributed by atoms with E-state index >= 15 is 0 Å². The first-order chi connectivity index (χ1) is 10.6. The van der Waals surface area contributed by atoms with Crippen LogP contribution in [-0.2, 0) is 4.79 Å². The summed E-state index contributed by atoms with van der Waals surface area (Å²) in [5.41, 5.74) is 1.09. The molecular formula is C16H15ClN2O3. The number of hydrogen-bond acceptors (Lipinski definition) is 3. The Morgan fingerprint density at radius 2 is 2.14 bits per heavy atom. The Hall–Kier alpha value is -2.27. The van der Waals surface area contributed by atoms with Crippen LogP contribution in [0.15, 0.2) is 41.0 Å². The van der Waals surface area contributed by atoms with Gasteiger partial charge in [0, 0.05) is 23.7 Å². The van der Waals surface area contributed by atoms with Crippen LogP contribution in [0.25, 0.3) is 0 Å². The van der Waals surface area contributed by atoms with Crippen LogP contribution in [0.5, 0.6) is 0 Å². The molecule has 1 fully saturated rings. The maximum atomic E-state index is 12.8. The Balaban J connectivity index is 2.01. The zero-order valence-electron chi connectivity index (χ0n) is 12.0. The van der Waals surface area contributed by atoms with Crippen LogP contribution in [0.2, 0.25) is 5.02 Å². The summed E-state index contributed by atoms with van der Waals surface area (Å²) in [5.74, 6) is 0.0776. The zero-order valence-corrected chi connectivity index (χ0v) is 12.8. The predicted octanol–water partition coefficient (Wildman–Crippen LogP) is 2.55. The van der Waals surface area contributed by atoms with Crippen molar-refractivity contribution in [2.24, 2.45) is 0 Å². The Labute approximate surface area is 132 Å². The third-order valence-electron chi connectivity index (χ3n) is 3.76. The highest BCUT2D eigenvalue weighted by Crippen LogP contribution is 2.30. The maximum Gasteiger partial charge on any atom is 0.258 e. The fourth-order valence-corrected chi connectivity index (χ4v) is 2.89. The van der Waals surface area contributed by atoms with Gasteiger partial charge >= 0.3 is 0 Å². The molecule has 1 saturated heterocycles.